The molecular weight excluding hydrogens is 246 g/mol. The Bertz CT molecular complexity index is 578. The Morgan fingerprint density at radius 2 is 2.00 bits per heavy atom. The van der Waals surface area contributed by atoms with Gasteiger partial charge in [-0.15, -0.1) is 0 Å². The van der Waals surface area contributed by atoms with E-state index in [1.165, 1.54) is 0 Å². The van der Waals surface area contributed by atoms with Crippen molar-refractivity contribution in [2.24, 2.45) is 0 Å². The van der Waals surface area contributed by atoms with Gasteiger partial charge in [0.15, 0.2) is 0 Å². The van der Waals surface area contributed by atoms with Crippen molar-refractivity contribution in [3.63, 3.8) is 0 Å². The summed E-state index contributed by atoms with van der Waals surface area (Å²) in [5, 5.41) is 7.85. The maximum Gasteiger partial charge on any atom is 0.313 e. The van der Waals surface area contributed by atoms with Crippen molar-refractivity contribution in [1.82, 2.24) is 10.6 Å². The number of hydrogen-bond acceptors (Lipinski definition) is 3. The summed E-state index contributed by atoms with van der Waals surface area (Å²) in [6.07, 6.45) is 1.86. The van der Waals surface area contributed by atoms with Crippen molar-refractivity contribution in [1.29, 1.82) is 0 Å². The minimum atomic E-state index is -0.695. The van der Waals surface area contributed by atoms with Crippen LogP contribution in [0.2, 0.25) is 0 Å². The second-order valence-electron chi connectivity index (χ2n) is 4.72. The molecule has 2 aliphatic rings. The summed E-state index contributed by atoms with van der Waals surface area (Å²) in [6.45, 7) is 0.370. The smallest absolute Gasteiger partial charge is 0.313 e. The van der Waals surface area contributed by atoms with Crippen molar-refractivity contribution in [3.05, 3.63) is 29.3 Å². The summed E-state index contributed by atoms with van der Waals surface area (Å²) >= 11 is 0. The first-order valence-corrected chi connectivity index (χ1v) is 6.17. The highest BCUT2D eigenvalue weighted by Gasteiger charge is 2.27. The molecule has 1 fully saturated rings. The van der Waals surface area contributed by atoms with E-state index < -0.39 is 11.8 Å². The van der Waals surface area contributed by atoms with Crippen molar-refractivity contribution < 1.29 is 14.4 Å². The summed E-state index contributed by atoms with van der Waals surface area (Å²) in [7, 11) is 0. The minimum absolute atomic E-state index is 0.142. The third-order valence-corrected chi connectivity index (χ3v) is 3.21. The monoisotopic (exact) mass is 259 g/mol. The SMILES string of the molecule is O=C(Nc1cccc2c1CNC2=O)C(=O)NC1CC1. The zero-order valence-electron chi connectivity index (χ0n) is 10.2. The molecule has 3 amide bonds. The fraction of sp³-hybridized carbons (Fsp3) is 0.308. The molecule has 0 radical (unpaired) electrons. The van der Waals surface area contributed by atoms with E-state index in [0.29, 0.717) is 17.8 Å². The molecule has 6 nitrogen and oxygen atoms in total. The van der Waals surface area contributed by atoms with E-state index in [9.17, 15) is 14.4 Å². The fourth-order valence-electron chi connectivity index (χ4n) is 2.03. The number of hydrogen-bond donors (Lipinski definition) is 3. The Kier molecular flexibility index (Phi) is 2.70. The molecule has 0 spiro atoms. The van der Waals surface area contributed by atoms with Gasteiger partial charge in [-0.2, -0.15) is 0 Å². The van der Waals surface area contributed by atoms with Crippen molar-refractivity contribution in [2.75, 3.05) is 5.32 Å². The Morgan fingerprint density at radius 1 is 1.21 bits per heavy atom. The normalized spacial score (nSPS) is 16.5. The number of amides is 3. The lowest BCUT2D eigenvalue weighted by Crippen LogP contribution is -2.36. The first-order chi connectivity index (χ1) is 9.15. The zero-order chi connectivity index (χ0) is 13.4. The summed E-state index contributed by atoms with van der Waals surface area (Å²) < 4.78 is 0. The Hall–Kier alpha value is -2.37. The first kappa shape index (κ1) is 11.7. The van der Waals surface area contributed by atoms with E-state index in [-0.39, 0.29) is 11.9 Å². The molecule has 6 heteroatoms. The van der Waals surface area contributed by atoms with Crippen LogP contribution in [0.4, 0.5) is 5.69 Å². The van der Waals surface area contributed by atoms with Crippen LogP contribution in [0.3, 0.4) is 0 Å². The van der Waals surface area contributed by atoms with Crippen molar-refractivity contribution in [2.45, 2.75) is 25.4 Å². The van der Waals surface area contributed by atoms with Gasteiger partial charge in [0.25, 0.3) is 5.91 Å². The van der Waals surface area contributed by atoms with Gasteiger partial charge in [0.2, 0.25) is 0 Å². The average Bonchev–Trinajstić information content (AvgIpc) is 3.13. The van der Waals surface area contributed by atoms with Crippen LogP contribution in [0.25, 0.3) is 0 Å². The van der Waals surface area contributed by atoms with Crippen LogP contribution in [0.15, 0.2) is 18.2 Å². The zero-order valence-corrected chi connectivity index (χ0v) is 10.2. The standard InChI is InChI=1S/C13H13N3O3/c17-11-8-2-1-3-10(9(8)6-14-11)16-13(19)12(18)15-7-4-5-7/h1-3,7H,4-6H2,(H,14,17)(H,15,18)(H,16,19). The average molecular weight is 259 g/mol. The van der Waals surface area contributed by atoms with Gasteiger partial charge in [0.1, 0.15) is 0 Å². The molecule has 3 N–H and O–H groups in total. The Balaban J connectivity index is 1.74. The summed E-state index contributed by atoms with van der Waals surface area (Å²) in [4.78, 5) is 34.8. The highest BCUT2D eigenvalue weighted by atomic mass is 16.2. The van der Waals surface area contributed by atoms with Gasteiger partial charge in [-0.1, -0.05) is 6.07 Å². The fourth-order valence-corrected chi connectivity index (χ4v) is 2.03. The molecule has 1 aliphatic heterocycles. The lowest BCUT2D eigenvalue weighted by atomic mass is 10.1. The number of carbonyl (C=O) groups excluding carboxylic acids is 3. The molecule has 3 rings (SSSR count). The second-order valence-corrected chi connectivity index (χ2v) is 4.72. The summed E-state index contributed by atoms with van der Waals surface area (Å²) in [6, 6.07) is 5.19. The van der Waals surface area contributed by atoms with Gasteiger partial charge in [0, 0.05) is 29.4 Å². The number of benzene rings is 1. The molecule has 0 bridgehead atoms. The van der Waals surface area contributed by atoms with E-state index in [1.807, 2.05) is 0 Å². The molecule has 1 aromatic carbocycles. The predicted molar refractivity (Wildman–Crippen MR) is 67.4 cm³/mol. The molecule has 1 aromatic rings. The molecule has 0 unspecified atom stereocenters. The number of carbonyl (C=O) groups is 3. The van der Waals surface area contributed by atoms with Crippen molar-refractivity contribution in [3.8, 4) is 0 Å². The molecule has 19 heavy (non-hydrogen) atoms. The first-order valence-electron chi connectivity index (χ1n) is 6.17. The Labute approximate surface area is 109 Å². The molecule has 0 atom stereocenters. The molecule has 1 aliphatic carbocycles. The molecule has 0 saturated heterocycles. The molecule has 1 saturated carbocycles. The quantitative estimate of drug-likeness (QED) is 0.660. The van der Waals surface area contributed by atoms with Gasteiger partial charge in [-0.05, 0) is 25.0 Å². The van der Waals surface area contributed by atoms with Crippen LogP contribution in [0.1, 0.15) is 28.8 Å². The maximum atomic E-state index is 11.7. The van der Waals surface area contributed by atoms with E-state index >= 15 is 0 Å². The molecule has 0 aromatic heterocycles. The van der Waals surface area contributed by atoms with Crippen LogP contribution < -0.4 is 16.0 Å². The lowest BCUT2D eigenvalue weighted by molar-refractivity contribution is -0.136. The molecular formula is C13H13N3O3. The van der Waals surface area contributed by atoms with Gasteiger partial charge >= 0.3 is 11.8 Å². The number of nitrogens with one attached hydrogen (secondary N) is 3. The topological polar surface area (TPSA) is 87.3 Å². The largest absolute Gasteiger partial charge is 0.348 e. The molecule has 98 valence electrons. The van der Waals surface area contributed by atoms with Crippen molar-refractivity contribution >= 4 is 23.4 Å². The van der Waals surface area contributed by atoms with Gasteiger partial charge in [0.05, 0.1) is 0 Å². The maximum absolute atomic E-state index is 11.7. The third-order valence-electron chi connectivity index (χ3n) is 3.21. The van der Waals surface area contributed by atoms with Crippen LogP contribution in [0, 0.1) is 0 Å². The Morgan fingerprint density at radius 3 is 2.74 bits per heavy atom. The van der Waals surface area contributed by atoms with E-state index in [2.05, 4.69) is 16.0 Å². The van der Waals surface area contributed by atoms with Gasteiger partial charge < -0.3 is 16.0 Å². The minimum Gasteiger partial charge on any atom is -0.348 e. The van der Waals surface area contributed by atoms with Gasteiger partial charge in [-0.3, -0.25) is 14.4 Å². The molecule has 1 heterocycles. The number of rotatable bonds is 2. The number of anilines is 1. The third kappa shape index (κ3) is 2.29. The highest BCUT2D eigenvalue weighted by molar-refractivity contribution is 6.39. The van der Waals surface area contributed by atoms with E-state index in [1.54, 1.807) is 18.2 Å². The summed E-state index contributed by atoms with van der Waals surface area (Å²) in [5.74, 6) is -1.48. The van der Waals surface area contributed by atoms with Crippen LogP contribution in [-0.2, 0) is 16.1 Å². The highest BCUT2D eigenvalue weighted by Crippen LogP contribution is 2.24. The lowest BCUT2D eigenvalue weighted by Gasteiger charge is -2.08. The van der Waals surface area contributed by atoms with E-state index in [0.717, 1.165) is 18.4 Å². The van der Waals surface area contributed by atoms with Crippen LogP contribution >= 0.6 is 0 Å². The second kappa shape index (κ2) is 4.38. The van der Waals surface area contributed by atoms with Crippen LogP contribution in [0.5, 0.6) is 0 Å². The van der Waals surface area contributed by atoms with Gasteiger partial charge in [-0.25, -0.2) is 0 Å². The summed E-state index contributed by atoms with van der Waals surface area (Å²) in [5.41, 5.74) is 1.77. The number of fused-ring (bicyclic) bond motifs is 1. The van der Waals surface area contributed by atoms with E-state index in [4.69, 9.17) is 0 Å². The van der Waals surface area contributed by atoms with Crippen LogP contribution in [-0.4, -0.2) is 23.8 Å². The predicted octanol–water partition coefficient (Wildman–Crippen LogP) is 0.147.